The third-order valence-electron chi connectivity index (χ3n) is 3.47. The Morgan fingerprint density at radius 3 is 2.45 bits per heavy atom. The molecule has 0 fully saturated rings. The van der Waals surface area contributed by atoms with Gasteiger partial charge in [-0.25, -0.2) is 0 Å². The van der Waals surface area contributed by atoms with Gasteiger partial charge in [0.15, 0.2) is 0 Å². The lowest BCUT2D eigenvalue weighted by Crippen LogP contribution is -2.01. The highest BCUT2D eigenvalue weighted by molar-refractivity contribution is 7.80. The number of phenolic OH excluding ortho intramolecular Hbond substituents is 1. The summed E-state index contributed by atoms with van der Waals surface area (Å²) < 4.78 is 0. The Morgan fingerprint density at radius 2 is 1.73 bits per heavy atom. The number of rotatable bonds is 2. The van der Waals surface area contributed by atoms with Crippen LogP contribution in [0, 0.1) is 0 Å². The van der Waals surface area contributed by atoms with E-state index in [4.69, 9.17) is 11.5 Å². The van der Waals surface area contributed by atoms with Crippen molar-refractivity contribution in [2.24, 2.45) is 0 Å². The molecule has 0 heterocycles. The minimum Gasteiger partial charge on any atom is -0.507 e. The Bertz CT molecular complexity index is 861. The second-order valence-electron chi connectivity index (χ2n) is 4.95. The molecule has 6 N–H and O–H groups in total. The van der Waals surface area contributed by atoms with Gasteiger partial charge in [-0.05, 0) is 36.4 Å². The monoisotopic (exact) mass is 329 g/mol. The molecule has 0 unspecified atom stereocenters. The first-order valence-electron chi connectivity index (χ1n) is 6.56. The number of para-hydroxylation sites is 1. The van der Waals surface area contributed by atoms with E-state index in [0.29, 0.717) is 33.0 Å². The van der Waals surface area contributed by atoms with E-state index in [1.54, 1.807) is 24.3 Å². The number of benzene rings is 3. The van der Waals surface area contributed by atoms with Crippen LogP contribution in [0.1, 0.15) is 0 Å². The zero-order valence-electron chi connectivity index (χ0n) is 11.5. The largest absolute Gasteiger partial charge is 0.507 e. The van der Waals surface area contributed by atoms with E-state index in [1.165, 1.54) is 0 Å². The lowest BCUT2D eigenvalue weighted by molar-refractivity contribution is 0.480. The van der Waals surface area contributed by atoms with E-state index in [0.717, 1.165) is 10.3 Å². The van der Waals surface area contributed by atoms with Gasteiger partial charge in [0.2, 0.25) is 0 Å². The molecule has 0 radical (unpaired) electrons. The fraction of sp³-hybridized carbons (Fsp3) is 0. The highest BCUT2D eigenvalue weighted by Gasteiger charge is 2.11. The molecule has 6 heteroatoms. The number of aromatic hydroxyl groups is 1. The van der Waals surface area contributed by atoms with Crippen LogP contribution in [0.4, 0.5) is 22.7 Å². The molecule has 0 spiro atoms. The van der Waals surface area contributed by atoms with Crippen LogP contribution < -0.4 is 16.8 Å². The zero-order chi connectivity index (χ0) is 15.9. The van der Waals surface area contributed by atoms with Gasteiger partial charge in [0.05, 0.1) is 22.7 Å². The Morgan fingerprint density at radius 1 is 0.955 bits per heavy atom. The first-order chi connectivity index (χ1) is 10.5. The normalized spacial score (nSPS) is 10.8. The van der Waals surface area contributed by atoms with Gasteiger partial charge in [0.25, 0.3) is 0 Å². The molecular formula is C16H15N3OS2. The molecule has 0 aliphatic rings. The molecule has 4 nitrogen and oxygen atoms in total. The van der Waals surface area contributed by atoms with Gasteiger partial charge in [-0.2, -0.15) is 0 Å². The van der Waals surface area contributed by atoms with Crippen molar-refractivity contribution in [2.75, 3.05) is 16.8 Å². The number of fused-ring (bicyclic) bond motifs is 1. The minimum atomic E-state index is 0.148. The van der Waals surface area contributed by atoms with Crippen LogP contribution >= 0.6 is 25.3 Å². The molecule has 0 aliphatic carbocycles. The summed E-state index contributed by atoms with van der Waals surface area (Å²) in [6.07, 6.45) is 0. The maximum atomic E-state index is 9.99. The molecule has 0 bridgehead atoms. The molecule has 3 aromatic rings. The molecule has 0 saturated carbocycles. The number of anilines is 4. The number of thiol groups is 2. The van der Waals surface area contributed by atoms with E-state index in [2.05, 4.69) is 30.6 Å². The van der Waals surface area contributed by atoms with E-state index >= 15 is 0 Å². The summed E-state index contributed by atoms with van der Waals surface area (Å²) in [5.74, 6) is 0.148. The van der Waals surface area contributed by atoms with Gasteiger partial charge >= 0.3 is 0 Å². The van der Waals surface area contributed by atoms with Crippen LogP contribution in [0.5, 0.6) is 5.75 Å². The summed E-state index contributed by atoms with van der Waals surface area (Å²) in [4.78, 5) is 1.37. The van der Waals surface area contributed by atoms with E-state index in [1.807, 2.05) is 18.2 Å². The zero-order valence-corrected chi connectivity index (χ0v) is 13.3. The molecule has 112 valence electrons. The fourth-order valence-electron chi connectivity index (χ4n) is 2.36. The van der Waals surface area contributed by atoms with Gasteiger partial charge in [-0.3, -0.25) is 0 Å². The van der Waals surface area contributed by atoms with Crippen LogP contribution in [0.3, 0.4) is 0 Å². The first kappa shape index (κ1) is 14.7. The van der Waals surface area contributed by atoms with Crippen molar-refractivity contribution < 1.29 is 5.11 Å². The quantitative estimate of drug-likeness (QED) is 0.317. The van der Waals surface area contributed by atoms with E-state index < -0.39 is 0 Å². The van der Waals surface area contributed by atoms with Crippen LogP contribution in [0.2, 0.25) is 0 Å². The molecule has 22 heavy (non-hydrogen) atoms. The average molecular weight is 329 g/mol. The van der Waals surface area contributed by atoms with E-state index in [-0.39, 0.29) is 5.75 Å². The third kappa shape index (κ3) is 2.51. The number of phenols is 1. The van der Waals surface area contributed by atoms with Crippen molar-refractivity contribution in [3.8, 4) is 5.75 Å². The van der Waals surface area contributed by atoms with Crippen molar-refractivity contribution >= 4 is 58.8 Å². The van der Waals surface area contributed by atoms with Crippen molar-refractivity contribution in [1.82, 2.24) is 0 Å². The van der Waals surface area contributed by atoms with Crippen LogP contribution in [0.15, 0.2) is 52.3 Å². The van der Waals surface area contributed by atoms with Gasteiger partial charge in [-0.15, -0.1) is 25.3 Å². The second-order valence-corrected chi connectivity index (χ2v) is 5.95. The summed E-state index contributed by atoms with van der Waals surface area (Å²) in [5, 5.41) is 14.6. The maximum absolute atomic E-state index is 9.99. The predicted octanol–water partition coefficient (Wildman–Crippen LogP) is 4.03. The third-order valence-corrected chi connectivity index (χ3v) is 4.11. The number of hydrogen-bond acceptors (Lipinski definition) is 6. The Balaban J connectivity index is 2.15. The van der Waals surface area contributed by atoms with Gasteiger partial charge in [0.1, 0.15) is 5.75 Å². The van der Waals surface area contributed by atoms with E-state index in [9.17, 15) is 5.11 Å². The van der Waals surface area contributed by atoms with Crippen molar-refractivity contribution in [3.05, 3.63) is 42.5 Å². The van der Waals surface area contributed by atoms with Crippen LogP contribution in [-0.2, 0) is 0 Å². The smallest absolute Gasteiger partial charge is 0.124 e. The SMILES string of the molecule is Nc1cccc(S)c1Nc1ccc2c(O)cc(S)cc2c1N. The molecular weight excluding hydrogens is 314 g/mol. The number of nitrogens with one attached hydrogen (secondary N) is 1. The van der Waals surface area contributed by atoms with Gasteiger partial charge in [0, 0.05) is 20.6 Å². The van der Waals surface area contributed by atoms with Gasteiger partial charge < -0.3 is 21.9 Å². The average Bonchev–Trinajstić information content (AvgIpc) is 2.46. The summed E-state index contributed by atoms with van der Waals surface area (Å²) in [5.41, 5.74) is 14.7. The van der Waals surface area contributed by atoms with Crippen molar-refractivity contribution in [1.29, 1.82) is 0 Å². The Hall–Kier alpha value is -2.18. The van der Waals surface area contributed by atoms with Crippen LogP contribution in [0.25, 0.3) is 10.8 Å². The fourth-order valence-corrected chi connectivity index (χ4v) is 2.88. The predicted molar refractivity (Wildman–Crippen MR) is 98.7 cm³/mol. The number of nitrogen functional groups attached to an aromatic ring is 2. The molecule has 3 aromatic carbocycles. The topological polar surface area (TPSA) is 84.3 Å². The minimum absolute atomic E-state index is 0.148. The summed E-state index contributed by atoms with van der Waals surface area (Å²) >= 11 is 8.68. The second kappa shape index (κ2) is 5.55. The molecule has 3 rings (SSSR count). The van der Waals surface area contributed by atoms with Crippen molar-refractivity contribution in [3.63, 3.8) is 0 Å². The number of hydrogen-bond donors (Lipinski definition) is 6. The summed E-state index contributed by atoms with van der Waals surface area (Å²) in [6.45, 7) is 0. The molecule has 0 aliphatic heterocycles. The van der Waals surface area contributed by atoms with Crippen molar-refractivity contribution in [2.45, 2.75) is 9.79 Å². The summed E-state index contributed by atoms with van der Waals surface area (Å²) in [6, 6.07) is 12.5. The molecule has 0 aromatic heterocycles. The summed E-state index contributed by atoms with van der Waals surface area (Å²) in [7, 11) is 0. The maximum Gasteiger partial charge on any atom is 0.124 e. The number of nitrogens with two attached hydrogens (primary N) is 2. The highest BCUT2D eigenvalue weighted by Crippen LogP contribution is 2.38. The molecule has 0 atom stereocenters. The molecule has 0 amide bonds. The Kier molecular flexibility index (Phi) is 3.72. The lowest BCUT2D eigenvalue weighted by atomic mass is 10.1. The van der Waals surface area contributed by atoms with Gasteiger partial charge in [-0.1, -0.05) is 6.07 Å². The molecule has 0 saturated heterocycles. The highest BCUT2D eigenvalue weighted by atomic mass is 32.1. The van der Waals surface area contributed by atoms with Crippen LogP contribution in [-0.4, -0.2) is 5.11 Å². The standard InChI is InChI=1S/C16H15N3OS2/c17-11-2-1-3-14(22)16(11)19-12-5-4-9-10(15(12)18)6-8(21)7-13(9)20/h1-7,19-22H,17-18H2. The first-order valence-corrected chi connectivity index (χ1v) is 7.45. The Labute approximate surface area is 139 Å². The lowest BCUT2D eigenvalue weighted by Gasteiger charge is -2.15.